The molecule has 2 rings (SSSR count). The van der Waals surface area contributed by atoms with Crippen molar-refractivity contribution in [3.63, 3.8) is 0 Å². The Balaban J connectivity index is 2.33. The number of nitrogens with zero attached hydrogens (tertiary/aromatic N) is 2. The number of nitrogens with one attached hydrogen (secondary N) is 1. The van der Waals surface area contributed by atoms with E-state index in [2.05, 4.69) is 10.4 Å². The van der Waals surface area contributed by atoms with E-state index in [4.69, 9.17) is 0 Å². The lowest BCUT2D eigenvalue weighted by Crippen LogP contribution is -2.44. The Hall–Kier alpha value is -2.22. The molecule has 0 saturated carbocycles. The molecule has 0 aliphatic carbocycles. The molecule has 1 aromatic heterocycles. The van der Waals surface area contributed by atoms with Gasteiger partial charge in [-0.1, -0.05) is 20.8 Å². The Labute approximate surface area is 153 Å². The van der Waals surface area contributed by atoms with Crippen LogP contribution in [-0.2, 0) is 27.1 Å². The zero-order chi connectivity index (χ0) is 19.9. The fourth-order valence-corrected chi connectivity index (χ4v) is 3.63. The van der Waals surface area contributed by atoms with Gasteiger partial charge in [-0.2, -0.15) is 5.10 Å². The number of hydrogen-bond donors (Lipinski definition) is 1. The molecule has 0 atom stereocenters. The van der Waals surface area contributed by atoms with Crippen LogP contribution < -0.4 is 5.32 Å². The predicted molar refractivity (Wildman–Crippen MR) is 98.2 cm³/mol. The number of amides is 1. The second-order valence-corrected chi connectivity index (χ2v) is 10.2. The highest BCUT2D eigenvalue weighted by Crippen LogP contribution is 2.28. The van der Waals surface area contributed by atoms with E-state index in [1.165, 1.54) is 18.5 Å². The van der Waals surface area contributed by atoms with E-state index in [-0.39, 0.29) is 10.3 Å². The Kier molecular flexibility index (Phi) is 5.02. The van der Waals surface area contributed by atoms with Crippen molar-refractivity contribution >= 4 is 21.6 Å². The molecule has 0 saturated heterocycles. The molecular weight excluding hydrogens is 357 g/mol. The number of aryl methyl sites for hydroxylation is 1. The number of carbonyl (C=O) groups excluding carboxylic acids is 1. The van der Waals surface area contributed by atoms with E-state index >= 15 is 0 Å². The maximum Gasteiger partial charge on any atom is 0.246 e. The van der Waals surface area contributed by atoms with Crippen LogP contribution >= 0.6 is 0 Å². The summed E-state index contributed by atoms with van der Waals surface area (Å²) in [6.45, 7) is 8.61. The highest BCUT2D eigenvalue weighted by atomic mass is 32.2. The molecule has 0 radical (unpaired) electrons. The third-order valence-corrected chi connectivity index (χ3v) is 6.65. The summed E-state index contributed by atoms with van der Waals surface area (Å²) in [5.41, 5.74) is 0.561. The molecule has 0 aliphatic rings. The van der Waals surface area contributed by atoms with E-state index in [0.29, 0.717) is 5.82 Å². The molecule has 1 N–H and O–H groups in total. The number of halogens is 1. The van der Waals surface area contributed by atoms with Crippen molar-refractivity contribution in [2.45, 2.75) is 49.7 Å². The first-order valence-corrected chi connectivity index (χ1v) is 9.61. The van der Waals surface area contributed by atoms with Gasteiger partial charge in [-0.3, -0.25) is 9.48 Å². The summed E-state index contributed by atoms with van der Waals surface area (Å²) >= 11 is 0. The molecule has 8 heteroatoms. The van der Waals surface area contributed by atoms with Crippen LogP contribution in [0.2, 0.25) is 0 Å². The van der Waals surface area contributed by atoms with Crippen molar-refractivity contribution in [3.8, 4) is 0 Å². The van der Waals surface area contributed by atoms with Crippen LogP contribution in [0, 0.1) is 5.82 Å². The minimum absolute atomic E-state index is 0.112. The summed E-state index contributed by atoms with van der Waals surface area (Å²) < 4.78 is 38.5. The molecule has 0 spiro atoms. The van der Waals surface area contributed by atoms with Crippen molar-refractivity contribution in [2.75, 3.05) is 5.32 Å². The molecule has 0 fully saturated rings. The van der Waals surface area contributed by atoms with Crippen LogP contribution in [0.3, 0.4) is 0 Å². The number of rotatable bonds is 4. The molecule has 0 aliphatic heterocycles. The monoisotopic (exact) mass is 381 g/mol. The molecule has 6 nitrogen and oxygen atoms in total. The molecule has 2 aromatic rings. The van der Waals surface area contributed by atoms with Gasteiger partial charge in [0.15, 0.2) is 9.84 Å². The molecule has 1 amide bonds. The first kappa shape index (κ1) is 20.1. The van der Waals surface area contributed by atoms with Gasteiger partial charge in [0, 0.05) is 18.5 Å². The van der Waals surface area contributed by atoms with Crippen LogP contribution in [0.5, 0.6) is 0 Å². The number of carbonyl (C=O) groups is 1. The number of benzene rings is 1. The van der Waals surface area contributed by atoms with Gasteiger partial charge in [-0.05, 0) is 38.1 Å². The average Bonchev–Trinajstić information content (AvgIpc) is 2.88. The van der Waals surface area contributed by atoms with Crippen LogP contribution in [0.15, 0.2) is 35.2 Å². The summed E-state index contributed by atoms with van der Waals surface area (Å²) in [5, 5.41) is 7.00. The Bertz CT molecular complexity index is 924. The minimum atomic E-state index is -4.02. The maximum atomic E-state index is 13.1. The van der Waals surface area contributed by atoms with Gasteiger partial charge in [0.2, 0.25) is 5.91 Å². The number of hydrogen-bond acceptors (Lipinski definition) is 4. The number of anilines is 1. The molecule has 0 unspecified atom stereocenters. The number of aromatic nitrogens is 2. The van der Waals surface area contributed by atoms with E-state index in [0.717, 1.165) is 30.0 Å². The van der Waals surface area contributed by atoms with Crippen LogP contribution in [0.25, 0.3) is 0 Å². The van der Waals surface area contributed by atoms with Gasteiger partial charge in [-0.15, -0.1) is 0 Å². The highest BCUT2D eigenvalue weighted by Gasteiger charge is 2.43. The van der Waals surface area contributed by atoms with Crippen molar-refractivity contribution in [1.82, 2.24) is 9.78 Å². The molecule has 0 bridgehead atoms. The topological polar surface area (TPSA) is 81.1 Å². The van der Waals surface area contributed by atoms with Gasteiger partial charge < -0.3 is 5.32 Å². The summed E-state index contributed by atoms with van der Waals surface area (Å²) in [6.07, 6.45) is 0. The van der Waals surface area contributed by atoms with Gasteiger partial charge in [-0.25, -0.2) is 12.8 Å². The summed E-state index contributed by atoms with van der Waals surface area (Å²) in [6, 6.07) is 6.14. The van der Waals surface area contributed by atoms with Gasteiger partial charge in [0.25, 0.3) is 0 Å². The Morgan fingerprint density at radius 1 is 1.12 bits per heavy atom. The molecule has 1 heterocycles. The first-order valence-electron chi connectivity index (χ1n) is 8.13. The minimum Gasteiger partial charge on any atom is -0.310 e. The van der Waals surface area contributed by atoms with Crippen molar-refractivity contribution in [2.24, 2.45) is 7.05 Å². The van der Waals surface area contributed by atoms with E-state index in [1.807, 2.05) is 20.8 Å². The lowest BCUT2D eigenvalue weighted by Gasteiger charge is -2.23. The lowest BCUT2D eigenvalue weighted by molar-refractivity contribution is -0.117. The van der Waals surface area contributed by atoms with Gasteiger partial charge >= 0.3 is 0 Å². The smallest absolute Gasteiger partial charge is 0.246 e. The fraction of sp³-hybridized carbons (Fsp3) is 0.444. The van der Waals surface area contributed by atoms with Crippen LogP contribution in [0.4, 0.5) is 10.2 Å². The van der Waals surface area contributed by atoms with Crippen molar-refractivity contribution < 1.29 is 17.6 Å². The quantitative estimate of drug-likeness (QED) is 0.826. The molecule has 1 aromatic carbocycles. The normalized spacial score (nSPS) is 12.9. The third-order valence-electron chi connectivity index (χ3n) is 4.23. The molecule has 142 valence electrons. The van der Waals surface area contributed by atoms with Crippen molar-refractivity contribution in [3.05, 3.63) is 41.8 Å². The van der Waals surface area contributed by atoms with Crippen LogP contribution in [-0.4, -0.2) is 28.9 Å². The third kappa shape index (κ3) is 3.65. The average molecular weight is 381 g/mol. The first-order chi connectivity index (χ1) is 11.8. The SMILES string of the molecule is Cn1nc(C(C)(C)C)cc1NC(=O)C(C)(C)S(=O)(=O)c1ccc(F)cc1. The van der Waals surface area contributed by atoms with E-state index in [1.54, 1.807) is 13.1 Å². The van der Waals surface area contributed by atoms with E-state index in [9.17, 15) is 17.6 Å². The largest absolute Gasteiger partial charge is 0.310 e. The van der Waals surface area contributed by atoms with Crippen LogP contribution in [0.1, 0.15) is 40.3 Å². The summed E-state index contributed by atoms with van der Waals surface area (Å²) in [5.74, 6) is -0.830. The van der Waals surface area contributed by atoms with E-state index < -0.39 is 26.3 Å². The second-order valence-electron chi connectivity index (χ2n) is 7.71. The molecular formula is C18H24FN3O3S. The van der Waals surface area contributed by atoms with Gasteiger partial charge in [0.05, 0.1) is 10.6 Å². The standard InChI is InChI=1S/C18H24FN3O3S/c1-17(2,3)14-11-15(22(6)21-14)20-16(23)18(4,5)26(24,25)13-9-7-12(19)8-10-13/h7-11H,1-6H3,(H,20,23). The fourth-order valence-electron chi connectivity index (χ4n) is 2.25. The zero-order valence-electron chi connectivity index (χ0n) is 15.8. The van der Waals surface area contributed by atoms with Gasteiger partial charge in [0.1, 0.15) is 16.4 Å². The highest BCUT2D eigenvalue weighted by molar-refractivity contribution is 7.93. The Morgan fingerprint density at radius 3 is 2.12 bits per heavy atom. The molecule has 26 heavy (non-hydrogen) atoms. The Morgan fingerprint density at radius 2 is 1.65 bits per heavy atom. The predicted octanol–water partition coefficient (Wildman–Crippen LogP) is 3.05. The maximum absolute atomic E-state index is 13.1. The number of sulfone groups is 1. The summed E-state index contributed by atoms with van der Waals surface area (Å²) in [4.78, 5) is 12.6. The lowest BCUT2D eigenvalue weighted by atomic mass is 9.92. The zero-order valence-corrected chi connectivity index (χ0v) is 16.6. The second kappa shape index (κ2) is 6.50. The summed E-state index contributed by atoms with van der Waals surface area (Å²) in [7, 11) is -2.34. The van der Waals surface area contributed by atoms with Crippen molar-refractivity contribution in [1.29, 1.82) is 0 Å².